The molecular weight excluding hydrogens is 198 g/mol. The minimum atomic E-state index is -0.689. The highest BCUT2D eigenvalue weighted by atomic mass is 16.5. The molecule has 86 valence electrons. The van der Waals surface area contributed by atoms with Crippen molar-refractivity contribution in [2.45, 2.75) is 19.4 Å². The lowest BCUT2D eigenvalue weighted by Gasteiger charge is -2.13. The van der Waals surface area contributed by atoms with Gasteiger partial charge in [-0.25, -0.2) is 4.79 Å². The SMILES string of the molecule is CCOC(=O)NC(=O)CN1CCC(N)C1. The molecule has 3 N–H and O–H groups in total. The zero-order chi connectivity index (χ0) is 11.3. The number of amides is 2. The molecule has 15 heavy (non-hydrogen) atoms. The summed E-state index contributed by atoms with van der Waals surface area (Å²) >= 11 is 0. The normalized spacial score (nSPS) is 21.3. The van der Waals surface area contributed by atoms with Crippen LogP contribution in [-0.2, 0) is 9.53 Å². The molecule has 0 aliphatic carbocycles. The third-order valence-electron chi connectivity index (χ3n) is 2.19. The first kappa shape index (κ1) is 11.9. The smallest absolute Gasteiger partial charge is 0.413 e. The van der Waals surface area contributed by atoms with Gasteiger partial charge >= 0.3 is 6.09 Å². The van der Waals surface area contributed by atoms with E-state index in [9.17, 15) is 9.59 Å². The fourth-order valence-electron chi connectivity index (χ4n) is 1.53. The first-order chi connectivity index (χ1) is 7.11. The van der Waals surface area contributed by atoms with Crippen LogP contribution >= 0.6 is 0 Å². The Hall–Kier alpha value is -1.14. The van der Waals surface area contributed by atoms with Gasteiger partial charge < -0.3 is 10.5 Å². The highest BCUT2D eigenvalue weighted by Crippen LogP contribution is 2.05. The molecule has 0 spiro atoms. The molecule has 6 heteroatoms. The Balaban J connectivity index is 2.21. The number of rotatable bonds is 3. The van der Waals surface area contributed by atoms with Crippen molar-refractivity contribution in [2.24, 2.45) is 5.73 Å². The molecule has 1 unspecified atom stereocenters. The van der Waals surface area contributed by atoms with Crippen LogP contribution in [0, 0.1) is 0 Å². The average Bonchev–Trinajstić information content (AvgIpc) is 2.51. The van der Waals surface area contributed by atoms with Crippen molar-refractivity contribution in [3.8, 4) is 0 Å². The minimum absolute atomic E-state index is 0.139. The number of carbonyl (C=O) groups excluding carboxylic acids is 2. The standard InChI is InChI=1S/C9H17N3O3/c1-2-15-9(14)11-8(13)6-12-4-3-7(10)5-12/h7H,2-6,10H2,1H3,(H,11,13,14). The van der Waals surface area contributed by atoms with Crippen molar-refractivity contribution < 1.29 is 14.3 Å². The monoisotopic (exact) mass is 215 g/mol. The van der Waals surface area contributed by atoms with Crippen molar-refractivity contribution in [2.75, 3.05) is 26.2 Å². The first-order valence-electron chi connectivity index (χ1n) is 5.06. The van der Waals surface area contributed by atoms with E-state index in [4.69, 9.17) is 5.73 Å². The number of hydrogen-bond acceptors (Lipinski definition) is 5. The number of carbonyl (C=O) groups is 2. The van der Waals surface area contributed by atoms with Gasteiger partial charge in [0.25, 0.3) is 0 Å². The summed E-state index contributed by atoms with van der Waals surface area (Å²) in [6.07, 6.45) is 0.207. The van der Waals surface area contributed by atoms with Crippen LogP contribution in [0.5, 0.6) is 0 Å². The molecule has 0 radical (unpaired) electrons. The van der Waals surface area contributed by atoms with E-state index < -0.39 is 6.09 Å². The highest BCUT2D eigenvalue weighted by molar-refractivity contribution is 5.92. The average molecular weight is 215 g/mol. The van der Waals surface area contributed by atoms with E-state index >= 15 is 0 Å². The molecule has 0 aromatic carbocycles. The highest BCUT2D eigenvalue weighted by Gasteiger charge is 2.21. The predicted octanol–water partition coefficient (Wildman–Crippen LogP) is -0.708. The van der Waals surface area contributed by atoms with Crippen LogP contribution in [-0.4, -0.2) is 49.2 Å². The van der Waals surface area contributed by atoms with Gasteiger partial charge in [-0.15, -0.1) is 0 Å². The third kappa shape index (κ3) is 4.26. The summed E-state index contributed by atoms with van der Waals surface area (Å²) in [4.78, 5) is 24.1. The van der Waals surface area contributed by atoms with Crippen molar-refractivity contribution >= 4 is 12.0 Å². The summed E-state index contributed by atoms with van der Waals surface area (Å²) in [6.45, 7) is 3.65. The molecule has 1 fully saturated rings. The number of hydrogen-bond donors (Lipinski definition) is 2. The summed E-state index contributed by atoms with van der Waals surface area (Å²) in [5.74, 6) is -0.345. The maximum Gasteiger partial charge on any atom is 0.413 e. The zero-order valence-corrected chi connectivity index (χ0v) is 8.86. The molecule has 0 aromatic rings. The number of likely N-dealkylation sites (tertiary alicyclic amines) is 1. The van der Waals surface area contributed by atoms with Crippen LogP contribution in [0.25, 0.3) is 0 Å². The molecule has 0 bridgehead atoms. The van der Waals surface area contributed by atoms with Gasteiger partial charge in [-0.1, -0.05) is 0 Å². The quantitative estimate of drug-likeness (QED) is 0.649. The summed E-state index contributed by atoms with van der Waals surface area (Å²) < 4.78 is 4.58. The van der Waals surface area contributed by atoms with E-state index in [-0.39, 0.29) is 25.1 Å². The molecule has 0 saturated carbocycles. The third-order valence-corrected chi connectivity index (χ3v) is 2.19. The number of ether oxygens (including phenoxy) is 1. The van der Waals surface area contributed by atoms with Crippen LogP contribution in [0.15, 0.2) is 0 Å². The Morgan fingerprint density at radius 1 is 1.60 bits per heavy atom. The van der Waals surface area contributed by atoms with E-state index in [2.05, 4.69) is 10.1 Å². The number of imide groups is 1. The Morgan fingerprint density at radius 2 is 2.33 bits per heavy atom. The fraction of sp³-hybridized carbons (Fsp3) is 0.778. The molecular formula is C9H17N3O3. The lowest BCUT2D eigenvalue weighted by molar-refractivity contribution is -0.121. The maximum atomic E-state index is 11.3. The van der Waals surface area contributed by atoms with Crippen LogP contribution < -0.4 is 11.1 Å². The van der Waals surface area contributed by atoms with Gasteiger partial charge in [0.1, 0.15) is 0 Å². The molecule has 2 amide bonds. The Labute approximate surface area is 88.7 Å². The van der Waals surface area contributed by atoms with Gasteiger partial charge in [-0.05, 0) is 13.3 Å². The molecule has 1 saturated heterocycles. The summed E-state index contributed by atoms with van der Waals surface area (Å²) in [7, 11) is 0. The van der Waals surface area contributed by atoms with Gasteiger partial charge in [-0.2, -0.15) is 0 Å². The minimum Gasteiger partial charge on any atom is -0.450 e. The van der Waals surface area contributed by atoms with Crippen LogP contribution in [0.2, 0.25) is 0 Å². The lowest BCUT2D eigenvalue weighted by atomic mass is 10.3. The van der Waals surface area contributed by atoms with E-state index in [1.165, 1.54) is 0 Å². The Kier molecular flexibility index (Phi) is 4.51. The van der Waals surface area contributed by atoms with Crippen molar-refractivity contribution in [1.82, 2.24) is 10.2 Å². The van der Waals surface area contributed by atoms with Gasteiger partial charge in [0.05, 0.1) is 13.2 Å². The number of nitrogens with one attached hydrogen (secondary N) is 1. The van der Waals surface area contributed by atoms with Crippen LogP contribution in [0.4, 0.5) is 4.79 Å². The van der Waals surface area contributed by atoms with Crippen LogP contribution in [0.3, 0.4) is 0 Å². The Bertz CT molecular complexity index is 245. The number of nitrogens with zero attached hydrogens (tertiary/aromatic N) is 1. The maximum absolute atomic E-state index is 11.3. The van der Waals surface area contributed by atoms with E-state index in [1.54, 1.807) is 6.92 Å². The van der Waals surface area contributed by atoms with E-state index in [0.29, 0.717) is 6.54 Å². The van der Waals surface area contributed by atoms with Gasteiger partial charge in [0, 0.05) is 19.1 Å². The molecule has 6 nitrogen and oxygen atoms in total. The predicted molar refractivity (Wildman–Crippen MR) is 54.2 cm³/mol. The number of nitrogens with two attached hydrogens (primary N) is 1. The zero-order valence-electron chi connectivity index (χ0n) is 8.86. The first-order valence-corrected chi connectivity index (χ1v) is 5.06. The van der Waals surface area contributed by atoms with Gasteiger partial charge in [0.2, 0.25) is 5.91 Å². The summed E-state index contributed by atoms with van der Waals surface area (Å²) in [6, 6.07) is 0.139. The lowest BCUT2D eigenvalue weighted by Crippen LogP contribution is -2.40. The Morgan fingerprint density at radius 3 is 2.87 bits per heavy atom. The molecule has 0 aromatic heterocycles. The van der Waals surface area contributed by atoms with Crippen molar-refractivity contribution in [3.05, 3.63) is 0 Å². The van der Waals surface area contributed by atoms with E-state index in [0.717, 1.165) is 13.0 Å². The molecule has 1 atom stereocenters. The van der Waals surface area contributed by atoms with Gasteiger partial charge in [-0.3, -0.25) is 15.0 Å². The van der Waals surface area contributed by atoms with Crippen LogP contribution in [0.1, 0.15) is 13.3 Å². The number of alkyl carbamates (subject to hydrolysis) is 1. The van der Waals surface area contributed by atoms with Gasteiger partial charge in [0.15, 0.2) is 0 Å². The van der Waals surface area contributed by atoms with E-state index in [1.807, 2.05) is 4.90 Å². The summed E-state index contributed by atoms with van der Waals surface area (Å²) in [5.41, 5.74) is 5.68. The second kappa shape index (κ2) is 5.67. The summed E-state index contributed by atoms with van der Waals surface area (Å²) in [5, 5.41) is 2.14. The fourth-order valence-corrected chi connectivity index (χ4v) is 1.53. The molecule has 1 rings (SSSR count). The molecule has 1 aliphatic rings. The topological polar surface area (TPSA) is 84.7 Å². The molecule has 1 heterocycles. The molecule has 1 aliphatic heterocycles. The largest absolute Gasteiger partial charge is 0.450 e. The second-order valence-corrected chi connectivity index (χ2v) is 3.55. The van der Waals surface area contributed by atoms with Crippen molar-refractivity contribution in [1.29, 1.82) is 0 Å². The second-order valence-electron chi connectivity index (χ2n) is 3.55. The van der Waals surface area contributed by atoms with Crippen molar-refractivity contribution in [3.63, 3.8) is 0 Å².